The number of hydrogen-bond donors (Lipinski definition) is 1. The lowest BCUT2D eigenvalue weighted by Gasteiger charge is -2.33. The van der Waals surface area contributed by atoms with Crippen LogP contribution in [0.1, 0.15) is 24.5 Å². The normalized spacial score (nSPS) is 20.7. The first-order valence-electron chi connectivity index (χ1n) is 6.60. The van der Waals surface area contributed by atoms with Crippen LogP contribution in [0.15, 0.2) is 18.2 Å². The minimum Gasteiger partial charge on any atom is -0.396 e. The molecule has 0 aromatic heterocycles. The minimum absolute atomic E-state index is 0.0534. The summed E-state index contributed by atoms with van der Waals surface area (Å²) >= 11 is 12.0. The molecule has 1 aliphatic rings. The Kier molecular flexibility index (Phi) is 5.92. The largest absolute Gasteiger partial charge is 0.396 e. The molecule has 1 N–H and O–H groups in total. The highest BCUT2D eigenvalue weighted by molar-refractivity contribution is 6.42. The number of unbranched alkanes of at least 4 members (excludes halogenated alkanes) is 1. The van der Waals surface area contributed by atoms with Gasteiger partial charge in [-0.25, -0.2) is 0 Å². The van der Waals surface area contributed by atoms with E-state index >= 15 is 0 Å². The highest BCUT2D eigenvalue weighted by atomic mass is 35.5. The Morgan fingerprint density at radius 3 is 2.84 bits per heavy atom. The second-order valence-electron chi connectivity index (χ2n) is 4.76. The molecule has 5 heteroatoms. The van der Waals surface area contributed by atoms with E-state index in [4.69, 9.17) is 33.0 Å². The van der Waals surface area contributed by atoms with E-state index in [0.717, 1.165) is 44.6 Å². The van der Waals surface area contributed by atoms with Gasteiger partial charge < -0.3 is 9.84 Å². The Hall–Kier alpha value is -0.320. The van der Waals surface area contributed by atoms with Crippen molar-refractivity contribution < 1.29 is 9.84 Å². The van der Waals surface area contributed by atoms with Gasteiger partial charge >= 0.3 is 0 Å². The quantitative estimate of drug-likeness (QED) is 0.848. The standard InChI is InChI=1S/C14H19Cl2NO2/c15-12-4-3-11(9-13(12)16)14-10-17(6-8-19-14)5-1-2-7-18/h3-4,9,14,18H,1-2,5-8,10H2. The number of hydrogen-bond acceptors (Lipinski definition) is 3. The van der Waals surface area contributed by atoms with Gasteiger partial charge in [-0.1, -0.05) is 29.3 Å². The molecular formula is C14H19Cl2NO2. The van der Waals surface area contributed by atoms with E-state index in [2.05, 4.69) is 4.90 Å². The van der Waals surface area contributed by atoms with Crippen molar-refractivity contribution in [1.29, 1.82) is 0 Å². The third kappa shape index (κ3) is 4.33. The second-order valence-corrected chi connectivity index (χ2v) is 5.58. The van der Waals surface area contributed by atoms with Crippen LogP contribution in [0.5, 0.6) is 0 Å². The van der Waals surface area contributed by atoms with Crippen LogP contribution in [0.25, 0.3) is 0 Å². The molecule has 0 aliphatic carbocycles. The van der Waals surface area contributed by atoms with Gasteiger partial charge in [-0.2, -0.15) is 0 Å². The van der Waals surface area contributed by atoms with Gasteiger partial charge in [0.05, 0.1) is 22.8 Å². The van der Waals surface area contributed by atoms with Crippen molar-refractivity contribution in [3.05, 3.63) is 33.8 Å². The molecule has 19 heavy (non-hydrogen) atoms. The molecule has 0 saturated carbocycles. The van der Waals surface area contributed by atoms with Crippen LogP contribution >= 0.6 is 23.2 Å². The van der Waals surface area contributed by atoms with Crippen molar-refractivity contribution in [2.45, 2.75) is 18.9 Å². The number of halogens is 2. The number of nitrogens with zero attached hydrogens (tertiary/aromatic N) is 1. The molecule has 1 aliphatic heterocycles. The van der Waals surface area contributed by atoms with Gasteiger partial charge in [-0.3, -0.25) is 4.90 Å². The fraction of sp³-hybridized carbons (Fsp3) is 0.571. The first-order valence-corrected chi connectivity index (χ1v) is 7.36. The highest BCUT2D eigenvalue weighted by Crippen LogP contribution is 2.29. The first kappa shape index (κ1) is 15.1. The van der Waals surface area contributed by atoms with E-state index in [9.17, 15) is 0 Å². The topological polar surface area (TPSA) is 32.7 Å². The molecule has 1 saturated heterocycles. The second kappa shape index (κ2) is 7.46. The summed E-state index contributed by atoms with van der Waals surface area (Å²) in [6, 6.07) is 5.66. The summed E-state index contributed by atoms with van der Waals surface area (Å²) in [5, 5.41) is 9.95. The van der Waals surface area contributed by atoms with Gasteiger partial charge in [-0.15, -0.1) is 0 Å². The third-order valence-electron chi connectivity index (χ3n) is 3.35. The smallest absolute Gasteiger partial charge is 0.0952 e. The molecule has 1 aromatic carbocycles. The first-order chi connectivity index (χ1) is 9.20. The van der Waals surface area contributed by atoms with Crippen molar-refractivity contribution in [2.24, 2.45) is 0 Å². The molecule has 106 valence electrons. The van der Waals surface area contributed by atoms with Crippen LogP contribution in [0.3, 0.4) is 0 Å². The van der Waals surface area contributed by atoms with Crippen LogP contribution in [0, 0.1) is 0 Å². The van der Waals surface area contributed by atoms with E-state index < -0.39 is 0 Å². The zero-order valence-electron chi connectivity index (χ0n) is 10.8. The maximum Gasteiger partial charge on any atom is 0.0952 e. The number of benzene rings is 1. The number of aliphatic hydroxyl groups is 1. The monoisotopic (exact) mass is 303 g/mol. The zero-order chi connectivity index (χ0) is 13.7. The van der Waals surface area contributed by atoms with Gasteiger partial charge in [-0.05, 0) is 37.1 Å². The summed E-state index contributed by atoms with van der Waals surface area (Å²) in [7, 11) is 0. The zero-order valence-corrected chi connectivity index (χ0v) is 12.3. The molecule has 0 spiro atoms. The Morgan fingerprint density at radius 2 is 2.11 bits per heavy atom. The Bertz CT molecular complexity index is 414. The van der Waals surface area contributed by atoms with Crippen LogP contribution in [0.2, 0.25) is 10.0 Å². The van der Waals surface area contributed by atoms with Gasteiger partial charge in [0.1, 0.15) is 0 Å². The molecule has 1 aromatic rings. The molecule has 0 bridgehead atoms. The van der Waals surface area contributed by atoms with Crippen molar-refractivity contribution in [3.63, 3.8) is 0 Å². The SMILES string of the molecule is OCCCCN1CCOC(c2ccc(Cl)c(Cl)c2)C1. The fourth-order valence-electron chi connectivity index (χ4n) is 2.27. The molecule has 1 atom stereocenters. The van der Waals surface area contributed by atoms with E-state index in [1.165, 1.54) is 0 Å². The van der Waals surface area contributed by atoms with Crippen molar-refractivity contribution in [3.8, 4) is 0 Å². The van der Waals surface area contributed by atoms with E-state index in [1.54, 1.807) is 0 Å². The van der Waals surface area contributed by atoms with Gasteiger partial charge in [0.25, 0.3) is 0 Å². The Labute approximate surface area is 124 Å². The van der Waals surface area contributed by atoms with E-state index in [1.807, 2.05) is 18.2 Å². The number of aliphatic hydroxyl groups excluding tert-OH is 1. The predicted octanol–water partition coefficient (Wildman–Crippen LogP) is 3.14. The molecule has 1 fully saturated rings. The maximum absolute atomic E-state index is 8.81. The summed E-state index contributed by atoms with van der Waals surface area (Å²) in [6.07, 6.45) is 1.93. The minimum atomic E-state index is 0.0534. The fourth-order valence-corrected chi connectivity index (χ4v) is 2.57. The highest BCUT2D eigenvalue weighted by Gasteiger charge is 2.22. The number of morpholine rings is 1. The molecular weight excluding hydrogens is 285 g/mol. The van der Waals surface area contributed by atoms with Crippen LogP contribution < -0.4 is 0 Å². The van der Waals surface area contributed by atoms with E-state index in [-0.39, 0.29) is 12.7 Å². The van der Waals surface area contributed by atoms with Gasteiger partial charge in [0.2, 0.25) is 0 Å². The molecule has 1 unspecified atom stereocenters. The summed E-state index contributed by atoms with van der Waals surface area (Å²) in [4.78, 5) is 2.37. The molecule has 0 amide bonds. The van der Waals surface area contributed by atoms with Gasteiger partial charge in [0.15, 0.2) is 0 Å². The van der Waals surface area contributed by atoms with Crippen LogP contribution in [-0.2, 0) is 4.74 Å². The maximum atomic E-state index is 8.81. The number of ether oxygens (including phenoxy) is 1. The lowest BCUT2D eigenvalue weighted by molar-refractivity contribution is -0.0305. The lowest BCUT2D eigenvalue weighted by Crippen LogP contribution is -2.38. The van der Waals surface area contributed by atoms with Gasteiger partial charge in [0, 0.05) is 19.7 Å². The van der Waals surface area contributed by atoms with E-state index in [0.29, 0.717) is 10.0 Å². The Balaban J connectivity index is 1.94. The van der Waals surface area contributed by atoms with Crippen LogP contribution in [0.4, 0.5) is 0 Å². The average Bonchev–Trinajstić information content (AvgIpc) is 2.43. The number of rotatable bonds is 5. The summed E-state index contributed by atoms with van der Waals surface area (Å²) in [5.74, 6) is 0. The lowest BCUT2D eigenvalue weighted by atomic mass is 10.1. The predicted molar refractivity (Wildman–Crippen MR) is 77.9 cm³/mol. The molecule has 0 radical (unpaired) electrons. The van der Waals surface area contributed by atoms with Crippen LogP contribution in [-0.4, -0.2) is 42.9 Å². The summed E-state index contributed by atoms with van der Waals surface area (Å²) < 4.78 is 5.80. The van der Waals surface area contributed by atoms with Crippen molar-refractivity contribution in [2.75, 3.05) is 32.8 Å². The molecule has 2 rings (SSSR count). The molecule has 1 heterocycles. The Morgan fingerprint density at radius 1 is 1.26 bits per heavy atom. The third-order valence-corrected chi connectivity index (χ3v) is 4.09. The summed E-state index contributed by atoms with van der Waals surface area (Å²) in [5.41, 5.74) is 1.07. The van der Waals surface area contributed by atoms with Crippen molar-refractivity contribution in [1.82, 2.24) is 4.90 Å². The van der Waals surface area contributed by atoms with Crippen molar-refractivity contribution >= 4 is 23.2 Å². The average molecular weight is 304 g/mol. The molecule has 3 nitrogen and oxygen atoms in total. The summed E-state index contributed by atoms with van der Waals surface area (Å²) in [6.45, 7) is 3.80.